The third-order valence-electron chi connectivity index (χ3n) is 4.35. The van der Waals surface area contributed by atoms with E-state index in [1.807, 2.05) is 4.98 Å². The van der Waals surface area contributed by atoms with Crippen molar-refractivity contribution in [3.05, 3.63) is 27.2 Å². The van der Waals surface area contributed by atoms with E-state index in [1.165, 1.54) is 10.9 Å². The summed E-state index contributed by atoms with van der Waals surface area (Å²) in [5.74, 6) is -2.23. The molecule has 0 saturated carbocycles. The number of hydrogen-bond acceptors (Lipinski definition) is 10. The number of rotatable bonds is 3. The highest BCUT2D eigenvalue weighted by molar-refractivity contribution is 5.82. The molecule has 0 radical (unpaired) electrons. The lowest BCUT2D eigenvalue weighted by Crippen LogP contribution is -2.36. The molecule has 2 aliphatic rings. The highest BCUT2D eigenvalue weighted by atomic mass is 16.7. The van der Waals surface area contributed by atoms with Gasteiger partial charge < -0.3 is 18.9 Å². The Morgan fingerprint density at radius 1 is 1.11 bits per heavy atom. The van der Waals surface area contributed by atoms with Crippen molar-refractivity contribution in [2.45, 2.75) is 44.5 Å². The van der Waals surface area contributed by atoms with Gasteiger partial charge in [0.25, 0.3) is 5.56 Å². The number of H-pyrrole nitrogens is 2. The van der Waals surface area contributed by atoms with Crippen LogP contribution in [0.4, 0.5) is 0 Å². The monoisotopic (exact) mass is 394 g/mol. The molecule has 148 valence electrons. The van der Waals surface area contributed by atoms with Crippen molar-refractivity contribution in [2.24, 2.45) is 0 Å². The molecule has 0 bridgehead atoms. The maximum atomic E-state index is 12.0. The maximum absolute atomic E-state index is 12.0. The minimum absolute atomic E-state index is 0.0197. The number of aromatic nitrogens is 4. The van der Waals surface area contributed by atoms with Gasteiger partial charge in [0.15, 0.2) is 24.0 Å². The van der Waals surface area contributed by atoms with Gasteiger partial charge in [-0.2, -0.15) is 0 Å². The van der Waals surface area contributed by atoms with Crippen LogP contribution < -0.4 is 11.2 Å². The second-order valence-electron chi connectivity index (χ2n) is 6.25. The van der Waals surface area contributed by atoms with E-state index in [1.54, 1.807) is 0 Å². The van der Waals surface area contributed by atoms with Gasteiger partial charge in [0.2, 0.25) is 6.10 Å². The van der Waals surface area contributed by atoms with Gasteiger partial charge in [-0.05, 0) is 0 Å². The normalized spacial score (nSPS) is 28.8. The largest absolute Gasteiger partial charge is 0.454 e. The van der Waals surface area contributed by atoms with Gasteiger partial charge in [0, 0.05) is 13.8 Å². The van der Waals surface area contributed by atoms with Gasteiger partial charge in [-0.25, -0.2) is 14.6 Å². The molecule has 0 amide bonds. The van der Waals surface area contributed by atoms with Crippen LogP contribution in [0.15, 0.2) is 15.9 Å². The Kier molecular flexibility index (Phi) is 4.03. The number of carbonyl (C=O) groups excluding carboxylic acids is 3. The van der Waals surface area contributed by atoms with Crippen LogP contribution in [0, 0.1) is 0 Å². The number of aromatic amines is 2. The first-order valence-electron chi connectivity index (χ1n) is 8.16. The molecule has 0 unspecified atom stereocenters. The number of ether oxygens (including phenoxy) is 4. The Balaban J connectivity index is 1.78. The zero-order chi connectivity index (χ0) is 20.2. The summed E-state index contributed by atoms with van der Waals surface area (Å²) in [5, 5.41) is 0. The Morgan fingerprint density at radius 2 is 1.82 bits per heavy atom. The van der Waals surface area contributed by atoms with E-state index in [-0.39, 0.29) is 11.2 Å². The van der Waals surface area contributed by atoms with Crippen LogP contribution >= 0.6 is 0 Å². The van der Waals surface area contributed by atoms with E-state index in [0.717, 1.165) is 13.8 Å². The third kappa shape index (κ3) is 2.76. The quantitative estimate of drug-likeness (QED) is 0.442. The third-order valence-corrected chi connectivity index (χ3v) is 4.35. The first kappa shape index (κ1) is 17.9. The summed E-state index contributed by atoms with van der Waals surface area (Å²) in [5.41, 5.74) is -1.55. The summed E-state index contributed by atoms with van der Waals surface area (Å²) in [7, 11) is 0. The van der Waals surface area contributed by atoms with Crippen molar-refractivity contribution in [3.8, 4) is 0 Å². The Hall–Kier alpha value is -3.48. The second-order valence-corrected chi connectivity index (χ2v) is 6.25. The number of nitrogens with one attached hydrogen (secondary N) is 2. The number of imidazole rings is 1. The van der Waals surface area contributed by atoms with Crippen molar-refractivity contribution in [3.63, 3.8) is 0 Å². The molecule has 2 aromatic rings. The van der Waals surface area contributed by atoms with Crippen molar-refractivity contribution in [1.82, 2.24) is 19.5 Å². The molecule has 4 heterocycles. The molecule has 13 nitrogen and oxygen atoms in total. The van der Waals surface area contributed by atoms with Crippen LogP contribution in [-0.2, 0) is 33.3 Å². The zero-order valence-corrected chi connectivity index (χ0v) is 14.5. The fourth-order valence-electron chi connectivity index (χ4n) is 3.36. The summed E-state index contributed by atoms with van der Waals surface area (Å²) in [6.45, 7) is 2.28. The van der Waals surface area contributed by atoms with E-state index in [2.05, 4.69) is 9.97 Å². The molecule has 0 aliphatic carbocycles. The van der Waals surface area contributed by atoms with E-state index in [9.17, 15) is 24.0 Å². The molecule has 28 heavy (non-hydrogen) atoms. The summed E-state index contributed by atoms with van der Waals surface area (Å²) in [4.78, 5) is 66.8. The van der Waals surface area contributed by atoms with Gasteiger partial charge >= 0.3 is 23.6 Å². The number of nitrogens with zero attached hydrogens (tertiary/aromatic N) is 2. The van der Waals surface area contributed by atoms with Crippen LogP contribution in [-0.4, -0.2) is 61.8 Å². The fraction of sp³-hybridized carbons (Fsp3) is 0.467. The molecule has 2 N–H and O–H groups in total. The molecule has 2 saturated heterocycles. The molecule has 2 fully saturated rings. The lowest BCUT2D eigenvalue weighted by Gasteiger charge is -2.22. The lowest BCUT2D eigenvalue weighted by molar-refractivity contribution is -0.174. The predicted molar refractivity (Wildman–Crippen MR) is 85.9 cm³/mol. The number of esters is 3. The van der Waals surface area contributed by atoms with Gasteiger partial charge in [0.1, 0.15) is 11.8 Å². The summed E-state index contributed by atoms with van der Waals surface area (Å²) in [6, 6.07) is 0. The van der Waals surface area contributed by atoms with E-state index in [0.29, 0.717) is 0 Å². The molecule has 0 aromatic carbocycles. The molecule has 5 atom stereocenters. The van der Waals surface area contributed by atoms with Gasteiger partial charge in [0.05, 0.1) is 6.33 Å². The first-order valence-corrected chi connectivity index (χ1v) is 8.16. The zero-order valence-electron chi connectivity index (χ0n) is 14.5. The van der Waals surface area contributed by atoms with E-state index < -0.39 is 59.8 Å². The Bertz CT molecular complexity index is 1100. The van der Waals surface area contributed by atoms with Gasteiger partial charge in [-0.1, -0.05) is 0 Å². The molecular weight excluding hydrogens is 380 g/mol. The standard InChI is InChI=1S/C15H14N4O9/c1-4(20)25-9-7-8(10(14(23)28-7)26-5(2)21)27-13(9)19-3-16-6-11(19)17-15(24)18-12(6)22/h3,7-10,13H,1-2H3,(H2,17,18,22,24)/t7-,8-,9-,10+,13+/m1/s1. The predicted octanol–water partition coefficient (Wildman–Crippen LogP) is -1.90. The van der Waals surface area contributed by atoms with Crippen LogP contribution in [0.1, 0.15) is 20.1 Å². The number of carbonyl (C=O) groups is 3. The molecule has 2 aromatic heterocycles. The topological polar surface area (TPSA) is 172 Å². The SMILES string of the molecule is CC(=O)O[C@@H]1[C@@H]2OC(=O)[C@@H](OC(C)=O)[C@@H]2O[C@@H]1n1cnc2c(=O)[nH]c(=O)[nH]c21. The van der Waals surface area contributed by atoms with Gasteiger partial charge in [-0.3, -0.25) is 28.9 Å². The van der Waals surface area contributed by atoms with Crippen LogP contribution in [0.2, 0.25) is 0 Å². The molecular formula is C15H14N4O9. The molecule has 2 aliphatic heterocycles. The van der Waals surface area contributed by atoms with Gasteiger partial charge in [-0.15, -0.1) is 0 Å². The first-order chi connectivity index (χ1) is 13.3. The second kappa shape index (κ2) is 6.30. The lowest BCUT2D eigenvalue weighted by atomic mass is 10.1. The van der Waals surface area contributed by atoms with Crippen molar-refractivity contribution in [2.75, 3.05) is 0 Å². The minimum atomic E-state index is -1.34. The average Bonchev–Trinajstić information content (AvgIpc) is 3.22. The average molecular weight is 394 g/mol. The van der Waals surface area contributed by atoms with Crippen molar-refractivity contribution in [1.29, 1.82) is 0 Å². The summed E-state index contributed by atoms with van der Waals surface area (Å²) in [6.07, 6.45) is -4.49. The van der Waals surface area contributed by atoms with Crippen molar-refractivity contribution < 1.29 is 33.3 Å². The highest BCUT2D eigenvalue weighted by Crippen LogP contribution is 2.40. The molecule has 0 spiro atoms. The van der Waals surface area contributed by atoms with E-state index in [4.69, 9.17) is 18.9 Å². The Morgan fingerprint density at radius 3 is 2.50 bits per heavy atom. The van der Waals surface area contributed by atoms with Crippen LogP contribution in [0.3, 0.4) is 0 Å². The molecule has 4 rings (SSSR count). The highest BCUT2D eigenvalue weighted by Gasteiger charge is 2.61. The molecule has 13 heteroatoms. The van der Waals surface area contributed by atoms with Crippen LogP contribution in [0.5, 0.6) is 0 Å². The summed E-state index contributed by atoms with van der Waals surface area (Å²) >= 11 is 0. The fourth-order valence-corrected chi connectivity index (χ4v) is 3.36. The minimum Gasteiger partial charge on any atom is -0.454 e. The number of hydrogen-bond donors (Lipinski definition) is 2. The summed E-state index contributed by atoms with van der Waals surface area (Å²) < 4.78 is 22.5. The number of fused-ring (bicyclic) bond motifs is 2. The maximum Gasteiger partial charge on any atom is 0.350 e. The van der Waals surface area contributed by atoms with E-state index >= 15 is 0 Å². The Labute approximate surface area is 154 Å². The smallest absolute Gasteiger partial charge is 0.350 e. The van der Waals surface area contributed by atoms with Crippen molar-refractivity contribution >= 4 is 29.1 Å². The van der Waals surface area contributed by atoms with Crippen LogP contribution in [0.25, 0.3) is 11.2 Å².